The molecule has 1 unspecified atom stereocenters. The SMILES string of the molecule is CC1SC(Cl)=C(Cl)C1=O.[2H]C(=O)[I-][3H]. The van der Waals surface area contributed by atoms with Crippen LogP contribution in [0.4, 0.5) is 0 Å². The number of ketones is 1. The number of carbonyl (C=O) groups excluding carboxylic acids is 2. The molecule has 70 valence electrons. The van der Waals surface area contributed by atoms with Crippen LogP contribution in [-0.4, -0.2) is 15.9 Å². The van der Waals surface area contributed by atoms with Crippen molar-refractivity contribution in [1.29, 1.82) is 0.594 Å². The number of rotatable bonds is 1. The molecule has 0 radical (unpaired) electrons. The normalized spacial score (nSPS) is 24.6. The van der Waals surface area contributed by atoms with E-state index in [0.717, 1.165) is 0 Å². The quantitative estimate of drug-likeness (QED) is 0.341. The molecular formula is C6H6Cl2IO2S-. The first-order valence-electron chi connectivity index (χ1n) is 3.66. The van der Waals surface area contributed by atoms with Crippen LogP contribution in [0.25, 0.3) is 0 Å². The van der Waals surface area contributed by atoms with E-state index in [2.05, 4.69) is 0 Å². The first-order valence-corrected chi connectivity index (χ1v) is 5.50. The Morgan fingerprint density at radius 2 is 2.42 bits per heavy atom. The Bertz CT molecular complexity index is 285. The first-order chi connectivity index (χ1) is 6.40. The van der Waals surface area contributed by atoms with Crippen molar-refractivity contribution in [2.24, 2.45) is 0 Å². The summed E-state index contributed by atoms with van der Waals surface area (Å²) in [6.45, 7) is 1.78. The molecule has 1 heterocycles. The molecule has 0 amide bonds. The summed E-state index contributed by atoms with van der Waals surface area (Å²) in [6.07, 6.45) is 0. The van der Waals surface area contributed by atoms with Crippen molar-refractivity contribution in [2.45, 2.75) is 12.2 Å². The van der Waals surface area contributed by atoms with E-state index in [4.69, 9.17) is 25.2 Å². The van der Waals surface area contributed by atoms with Crippen molar-refractivity contribution in [3.63, 3.8) is 0 Å². The second kappa shape index (κ2) is 6.23. The fraction of sp³-hybridized carbons (Fsp3) is 0.333. The van der Waals surface area contributed by atoms with E-state index in [9.17, 15) is 9.59 Å². The summed E-state index contributed by atoms with van der Waals surface area (Å²) in [7, 11) is 0. The minimum atomic E-state index is -1.17. The number of hydrogen-bond donors (Lipinski definition) is 0. The molecule has 0 bridgehead atoms. The van der Waals surface area contributed by atoms with E-state index in [-0.39, 0.29) is 16.1 Å². The van der Waals surface area contributed by atoms with Gasteiger partial charge in [-0.15, -0.1) is 11.8 Å². The van der Waals surface area contributed by atoms with Gasteiger partial charge >= 0.3 is 33.4 Å². The van der Waals surface area contributed by atoms with Crippen molar-refractivity contribution >= 4 is 45.0 Å². The Morgan fingerprint density at radius 3 is 2.50 bits per heavy atom. The maximum atomic E-state index is 10.8. The average molecular weight is 343 g/mol. The molecule has 0 aromatic heterocycles. The standard InChI is InChI=1S/C5H4Cl2OS.CH2IO/c1-2-4(8)3(6)5(7)9-2;2-1-3/h2H,1H3;1-2H/q;-1/i;1D,2T. The topological polar surface area (TPSA) is 34.1 Å². The van der Waals surface area contributed by atoms with Gasteiger partial charge in [0.25, 0.3) is 0 Å². The summed E-state index contributed by atoms with van der Waals surface area (Å²) in [5, 5.41) is 0.0965. The zero-order valence-corrected chi connectivity index (χ0v) is 10.4. The van der Waals surface area contributed by atoms with Crippen molar-refractivity contribution < 1.29 is 33.4 Å². The molecule has 6 heteroatoms. The zero-order valence-electron chi connectivity index (χ0n) is 7.94. The molecule has 0 saturated heterocycles. The number of hydrogen-bond acceptors (Lipinski definition) is 3. The van der Waals surface area contributed by atoms with Crippen LogP contribution in [0.2, 0.25) is 0 Å². The molecule has 12 heavy (non-hydrogen) atoms. The van der Waals surface area contributed by atoms with E-state index in [1.54, 1.807) is 6.92 Å². The van der Waals surface area contributed by atoms with E-state index in [1.165, 1.54) is 11.8 Å². The summed E-state index contributed by atoms with van der Waals surface area (Å²) >= 11 is 11.2. The van der Waals surface area contributed by atoms with Gasteiger partial charge in [0.1, 0.15) is 5.03 Å². The van der Waals surface area contributed by atoms with E-state index >= 15 is 0 Å². The summed E-state index contributed by atoms with van der Waals surface area (Å²) in [4.78, 5) is 20.2. The Hall–Kier alpha value is 0.740. The molecular weight excluding hydrogens is 334 g/mol. The van der Waals surface area contributed by atoms with Crippen molar-refractivity contribution in [3.05, 3.63) is 9.40 Å². The fourth-order valence-corrected chi connectivity index (χ4v) is 2.13. The molecule has 0 spiro atoms. The summed E-state index contributed by atoms with van der Waals surface area (Å²) < 4.78 is 12.0. The fourth-order valence-electron chi connectivity index (χ4n) is 0.536. The van der Waals surface area contributed by atoms with Gasteiger partial charge in [-0.3, -0.25) is 4.79 Å². The number of Topliss-reactive ketones (excluding diaryl/α,β-unsaturated/α-hetero) is 1. The molecule has 1 rings (SSSR count). The third kappa shape index (κ3) is 3.64. The Morgan fingerprint density at radius 1 is 1.92 bits per heavy atom. The summed E-state index contributed by atoms with van der Waals surface area (Å²) in [5.41, 5.74) is 0. The van der Waals surface area contributed by atoms with Crippen molar-refractivity contribution in [2.75, 3.05) is 0 Å². The van der Waals surface area contributed by atoms with Gasteiger partial charge in [-0.1, -0.05) is 23.2 Å². The first kappa shape index (κ1) is 9.30. The average Bonchev–Trinajstić information content (AvgIpc) is 2.34. The molecule has 2 nitrogen and oxygen atoms in total. The number of allylic oxidation sites excluding steroid dienone is 1. The predicted octanol–water partition coefficient (Wildman–Crippen LogP) is -1.20. The minimum absolute atomic E-state index is 0.0633. The van der Waals surface area contributed by atoms with Crippen LogP contribution in [0.3, 0.4) is 0 Å². The van der Waals surface area contributed by atoms with E-state index in [1.807, 2.05) is 0 Å². The van der Waals surface area contributed by atoms with Crippen LogP contribution in [0.15, 0.2) is 9.40 Å². The van der Waals surface area contributed by atoms with Crippen molar-refractivity contribution in [1.82, 2.24) is 0 Å². The van der Waals surface area contributed by atoms with Crippen LogP contribution < -0.4 is 22.4 Å². The van der Waals surface area contributed by atoms with Gasteiger partial charge in [0.05, 0.1) is 9.61 Å². The molecule has 0 saturated carbocycles. The summed E-state index contributed by atoms with van der Waals surface area (Å²) in [5.74, 6) is -0.0633. The number of thioether (sulfide) groups is 1. The van der Waals surface area contributed by atoms with Gasteiger partial charge in [-0.25, -0.2) is 0 Å². The van der Waals surface area contributed by atoms with Gasteiger partial charge in [-0.05, 0) is 6.92 Å². The molecule has 1 aliphatic rings. The molecule has 0 aliphatic carbocycles. The number of halogens is 3. The monoisotopic (exact) mass is 342 g/mol. The van der Waals surface area contributed by atoms with Crippen molar-refractivity contribution in [3.8, 4) is 0 Å². The number of carbonyl (C=O) groups is 2. The van der Waals surface area contributed by atoms with Crippen LogP contribution >= 0.6 is 35.0 Å². The molecule has 1 aliphatic heterocycles. The van der Waals surface area contributed by atoms with Gasteiger partial charge in [-0.2, -0.15) is 0 Å². The van der Waals surface area contributed by atoms with Crippen LogP contribution in [0, 0.1) is 0 Å². The Kier molecular flexibility index (Phi) is 4.83. The molecule has 0 aromatic rings. The predicted molar refractivity (Wildman–Crippen MR) is 48.9 cm³/mol. The van der Waals surface area contributed by atoms with Crippen LogP contribution in [0.1, 0.15) is 8.29 Å². The van der Waals surface area contributed by atoms with Gasteiger partial charge in [0.2, 0.25) is 0 Å². The van der Waals surface area contributed by atoms with Gasteiger partial charge in [0, 0.05) is 0 Å². The Labute approximate surface area is 100 Å². The van der Waals surface area contributed by atoms with Crippen LogP contribution in [-0.2, 0) is 9.59 Å². The molecule has 1 atom stereocenters. The van der Waals surface area contributed by atoms with Gasteiger partial charge in [0.15, 0.2) is 5.78 Å². The third-order valence-corrected chi connectivity index (χ3v) is 3.06. The molecule has 0 fully saturated rings. The maximum absolute atomic E-state index is 10.8. The summed E-state index contributed by atoms with van der Waals surface area (Å²) in [6, 6.07) is 0. The van der Waals surface area contributed by atoms with E-state index in [0.29, 0.717) is 4.36 Å². The zero-order chi connectivity index (χ0) is 11.3. The van der Waals surface area contributed by atoms with Gasteiger partial charge < -0.3 is 0 Å². The third-order valence-electron chi connectivity index (χ3n) is 1.04. The second-order valence-electron chi connectivity index (χ2n) is 1.79. The second-order valence-corrected chi connectivity index (χ2v) is 4.56. The Balaban J connectivity index is 0.000000292. The van der Waals surface area contributed by atoms with Crippen LogP contribution in [0.5, 0.6) is 0 Å². The molecule has 0 N–H and O–H groups in total. The van der Waals surface area contributed by atoms with E-state index < -0.39 is 26.7 Å². The molecule has 0 aromatic carbocycles.